The number of aromatic hydroxyl groups is 1. The molecule has 0 fully saturated rings. The highest BCUT2D eigenvalue weighted by atomic mass is 16.4. The average molecular weight is 349 g/mol. The smallest absolute Gasteiger partial charge is 0.337 e. The van der Waals surface area contributed by atoms with Gasteiger partial charge in [0, 0.05) is 6.42 Å². The zero-order valence-corrected chi connectivity index (χ0v) is 14.3. The van der Waals surface area contributed by atoms with Gasteiger partial charge in [-0.2, -0.15) is 0 Å². The van der Waals surface area contributed by atoms with Crippen LogP contribution in [-0.4, -0.2) is 22.1 Å². The molecule has 5 nitrogen and oxygen atoms in total. The molecule has 0 heterocycles. The molecule has 26 heavy (non-hydrogen) atoms. The third kappa shape index (κ3) is 3.67. The second-order valence-electron chi connectivity index (χ2n) is 6.16. The zero-order chi connectivity index (χ0) is 18.7. The predicted octanol–water partition coefficient (Wildman–Crippen LogP) is 4.12. The van der Waals surface area contributed by atoms with Gasteiger partial charge < -0.3 is 15.5 Å². The summed E-state index contributed by atoms with van der Waals surface area (Å²) in [6, 6.07) is 15.7. The molecule has 3 rings (SSSR count). The highest BCUT2D eigenvalue weighted by Crippen LogP contribution is 2.27. The largest absolute Gasteiger partial charge is 0.508 e. The first kappa shape index (κ1) is 17.5. The summed E-state index contributed by atoms with van der Waals surface area (Å²) < 4.78 is 0. The number of phenols is 1. The highest BCUT2D eigenvalue weighted by molar-refractivity contribution is 6.00. The number of phenolic OH excluding ortho intramolecular Hbond substituents is 1. The number of para-hydroxylation sites is 1. The molecule has 0 radical (unpaired) electrons. The van der Waals surface area contributed by atoms with E-state index in [0.717, 1.165) is 21.9 Å². The summed E-state index contributed by atoms with van der Waals surface area (Å²) in [4.78, 5) is 23.4. The van der Waals surface area contributed by atoms with Crippen molar-refractivity contribution in [3.8, 4) is 5.75 Å². The molecule has 0 aliphatic rings. The maximum Gasteiger partial charge on any atom is 0.337 e. The van der Waals surface area contributed by atoms with Crippen LogP contribution in [0.3, 0.4) is 0 Å². The van der Waals surface area contributed by atoms with Crippen molar-refractivity contribution >= 4 is 28.3 Å². The highest BCUT2D eigenvalue weighted by Gasteiger charge is 2.12. The van der Waals surface area contributed by atoms with Gasteiger partial charge in [-0.1, -0.05) is 36.4 Å². The molecule has 0 aliphatic carbocycles. The normalized spacial score (nSPS) is 10.7. The Morgan fingerprint density at radius 2 is 1.81 bits per heavy atom. The van der Waals surface area contributed by atoms with Crippen LogP contribution in [0.2, 0.25) is 0 Å². The molecule has 0 aliphatic heterocycles. The first-order valence-electron chi connectivity index (χ1n) is 8.29. The summed E-state index contributed by atoms with van der Waals surface area (Å²) in [5.41, 5.74) is 2.21. The topological polar surface area (TPSA) is 86.6 Å². The molecule has 0 aromatic heterocycles. The summed E-state index contributed by atoms with van der Waals surface area (Å²) in [7, 11) is 0. The van der Waals surface area contributed by atoms with Gasteiger partial charge in [-0.3, -0.25) is 4.79 Å². The maximum atomic E-state index is 12.2. The van der Waals surface area contributed by atoms with E-state index in [-0.39, 0.29) is 23.6 Å². The molecule has 0 atom stereocenters. The van der Waals surface area contributed by atoms with Crippen molar-refractivity contribution in [2.75, 3.05) is 5.32 Å². The lowest BCUT2D eigenvalue weighted by molar-refractivity contribution is -0.116. The Labute approximate surface area is 150 Å². The molecule has 0 spiro atoms. The first-order valence-corrected chi connectivity index (χ1v) is 8.29. The minimum Gasteiger partial charge on any atom is -0.508 e. The van der Waals surface area contributed by atoms with Crippen LogP contribution in [0, 0.1) is 6.92 Å². The van der Waals surface area contributed by atoms with E-state index in [2.05, 4.69) is 5.32 Å². The predicted molar refractivity (Wildman–Crippen MR) is 101 cm³/mol. The molecular formula is C21H19NO4. The number of hydrogen-bond donors (Lipinski definition) is 3. The molecule has 132 valence electrons. The van der Waals surface area contributed by atoms with E-state index in [1.54, 1.807) is 24.3 Å². The van der Waals surface area contributed by atoms with E-state index < -0.39 is 5.97 Å². The Balaban J connectivity index is 1.69. The lowest BCUT2D eigenvalue weighted by atomic mass is 10.00. The number of nitrogens with one attached hydrogen (secondary N) is 1. The van der Waals surface area contributed by atoms with Crippen molar-refractivity contribution in [2.45, 2.75) is 19.8 Å². The van der Waals surface area contributed by atoms with Gasteiger partial charge >= 0.3 is 5.97 Å². The molecule has 0 saturated heterocycles. The van der Waals surface area contributed by atoms with Crippen LogP contribution in [-0.2, 0) is 11.2 Å². The van der Waals surface area contributed by atoms with Crippen molar-refractivity contribution in [3.63, 3.8) is 0 Å². The van der Waals surface area contributed by atoms with E-state index in [4.69, 9.17) is 5.11 Å². The second kappa shape index (κ2) is 7.27. The van der Waals surface area contributed by atoms with Crippen LogP contribution in [0.4, 0.5) is 5.69 Å². The molecule has 3 aromatic rings. The molecular weight excluding hydrogens is 330 g/mol. The van der Waals surface area contributed by atoms with Gasteiger partial charge in [0.05, 0.1) is 11.3 Å². The van der Waals surface area contributed by atoms with Crippen LogP contribution in [0.1, 0.15) is 27.9 Å². The third-order valence-electron chi connectivity index (χ3n) is 4.40. The number of carbonyl (C=O) groups is 2. The van der Waals surface area contributed by atoms with Crippen molar-refractivity contribution in [2.24, 2.45) is 0 Å². The monoisotopic (exact) mass is 349 g/mol. The molecule has 5 heteroatoms. The Morgan fingerprint density at radius 3 is 2.58 bits per heavy atom. The fourth-order valence-electron chi connectivity index (χ4n) is 2.93. The lowest BCUT2D eigenvalue weighted by Gasteiger charge is -2.09. The van der Waals surface area contributed by atoms with Crippen molar-refractivity contribution < 1.29 is 19.8 Å². The number of anilines is 1. The number of fused-ring (bicyclic) bond motifs is 1. The number of benzene rings is 3. The number of carboxylic acids is 1. The van der Waals surface area contributed by atoms with Gasteiger partial charge in [-0.25, -0.2) is 4.79 Å². The second-order valence-corrected chi connectivity index (χ2v) is 6.16. The average Bonchev–Trinajstić information content (AvgIpc) is 2.63. The number of aryl methyl sites for hydroxylation is 2. The molecule has 3 N–H and O–H groups in total. The summed E-state index contributed by atoms with van der Waals surface area (Å²) in [6.07, 6.45) is 0.785. The summed E-state index contributed by atoms with van der Waals surface area (Å²) >= 11 is 0. The van der Waals surface area contributed by atoms with Gasteiger partial charge in [-0.05, 0) is 53.4 Å². The molecule has 0 bridgehead atoms. The Hall–Kier alpha value is -3.34. The van der Waals surface area contributed by atoms with Crippen LogP contribution in [0.25, 0.3) is 10.8 Å². The van der Waals surface area contributed by atoms with Gasteiger partial charge in [0.2, 0.25) is 5.91 Å². The van der Waals surface area contributed by atoms with Crippen molar-refractivity contribution in [1.82, 2.24) is 0 Å². The Kier molecular flexibility index (Phi) is 4.89. The van der Waals surface area contributed by atoms with E-state index in [9.17, 15) is 14.7 Å². The lowest BCUT2D eigenvalue weighted by Crippen LogP contribution is -2.15. The molecule has 1 amide bonds. The number of amides is 1. The first-order chi connectivity index (χ1) is 12.5. The van der Waals surface area contributed by atoms with Crippen molar-refractivity contribution in [1.29, 1.82) is 0 Å². The number of carbonyl (C=O) groups excluding carboxylic acids is 1. The number of aromatic carboxylic acids is 1. The summed E-state index contributed by atoms with van der Waals surface area (Å²) in [5.74, 6) is -1.04. The standard InChI is InChI=1S/C21H19NO4/c1-13-16-9-6-14(12-15(16)8-10-19(13)23)7-11-20(24)22-18-5-3-2-4-17(18)21(25)26/h2-6,8-10,12,23H,7,11H2,1H3,(H,22,24)(H,25,26). The third-order valence-corrected chi connectivity index (χ3v) is 4.40. The molecule has 0 unspecified atom stereocenters. The number of rotatable bonds is 5. The fourth-order valence-corrected chi connectivity index (χ4v) is 2.93. The Morgan fingerprint density at radius 1 is 1.04 bits per heavy atom. The SMILES string of the molecule is Cc1c(O)ccc2cc(CCC(=O)Nc3ccccc3C(=O)O)ccc12. The molecule has 3 aromatic carbocycles. The van der Waals surface area contributed by atoms with Gasteiger partial charge in [-0.15, -0.1) is 0 Å². The fraction of sp³-hybridized carbons (Fsp3) is 0.143. The summed E-state index contributed by atoms with van der Waals surface area (Å²) in [6.45, 7) is 1.87. The number of carboxylic acid groups (broad SMARTS) is 1. The van der Waals surface area contributed by atoms with E-state index in [0.29, 0.717) is 12.1 Å². The molecule has 0 saturated carbocycles. The van der Waals surface area contributed by atoms with Crippen LogP contribution < -0.4 is 5.32 Å². The number of hydrogen-bond acceptors (Lipinski definition) is 3. The van der Waals surface area contributed by atoms with Gasteiger partial charge in [0.15, 0.2) is 0 Å². The van der Waals surface area contributed by atoms with Gasteiger partial charge in [0.1, 0.15) is 5.75 Å². The minimum atomic E-state index is -1.07. The summed E-state index contributed by atoms with van der Waals surface area (Å²) in [5, 5.41) is 23.6. The van der Waals surface area contributed by atoms with E-state index in [1.807, 2.05) is 31.2 Å². The minimum absolute atomic E-state index is 0.0711. The van der Waals surface area contributed by atoms with E-state index >= 15 is 0 Å². The zero-order valence-electron chi connectivity index (χ0n) is 14.3. The van der Waals surface area contributed by atoms with Crippen LogP contribution in [0.5, 0.6) is 5.75 Å². The van der Waals surface area contributed by atoms with Gasteiger partial charge in [0.25, 0.3) is 0 Å². The quantitative estimate of drug-likeness (QED) is 0.646. The van der Waals surface area contributed by atoms with E-state index in [1.165, 1.54) is 6.07 Å². The van der Waals surface area contributed by atoms with Crippen LogP contribution in [0.15, 0.2) is 54.6 Å². The van der Waals surface area contributed by atoms with Crippen molar-refractivity contribution in [3.05, 3.63) is 71.3 Å². The maximum absolute atomic E-state index is 12.2. The Bertz CT molecular complexity index is 994. The van der Waals surface area contributed by atoms with Crippen LogP contribution >= 0.6 is 0 Å².